The molecule has 1 atom stereocenters. The Balaban J connectivity index is 2.63. The second-order valence-electron chi connectivity index (χ2n) is 5.29. The van der Waals surface area contributed by atoms with Gasteiger partial charge in [-0.05, 0) is 23.5 Å². The minimum absolute atomic E-state index is 0.0732. The number of hydrogen-bond donors (Lipinski definition) is 2. The van der Waals surface area contributed by atoms with E-state index in [0.717, 1.165) is 10.5 Å². The van der Waals surface area contributed by atoms with Crippen molar-refractivity contribution in [3.8, 4) is 0 Å². The first-order valence-corrected chi connectivity index (χ1v) is 6.22. The molecule has 1 amide bonds. The highest BCUT2D eigenvalue weighted by Crippen LogP contribution is 2.43. The lowest BCUT2D eigenvalue weighted by atomic mass is 9.82. The maximum absolute atomic E-state index is 11.8. The minimum atomic E-state index is -1.46. The fourth-order valence-electron chi connectivity index (χ4n) is 2.87. The Kier molecular flexibility index (Phi) is 3.22. The predicted octanol–water partition coefficient (Wildman–Crippen LogP) is 2.51. The van der Waals surface area contributed by atoms with Crippen LogP contribution in [0.4, 0.5) is 4.79 Å². The van der Waals surface area contributed by atoms with E-state index >= 15 is 0 Å². The predicted molar refractivity (Wildman–Crippen MR) is 68.8 cm³/mol. The molecular weight excluding hydrogens is 246 g/mol. The average Bonchev–Trinajstić information content (AvgIpc) is 2.65. The number of aliphatic carboxylic acids is 1. The Bertz CT molecular complexity index is 526. The molecular formula is C14H17NO4. The summed E-state index contributed by atoms with van der Waals surface area (Å²) >= 11 is 0. The van der Waals surface area contributed by atoms with Gasteiger partial charge in [-0.2, -0.15) is 0 Å². The van der Waals surface area contributed by atoms with Gasteiger partial charge in [-0.1, -0.05) is 38.1 Å². The van der Waals surface area contributed by atoms with Crippen molar-refractivity contribution in [3.63, 3.8) is 0 Å². The highest BCUT2D eigenvalue weighted by atomic mass is 16.4. The number of carbonyl (C=O) groups is 2. The third-order valence-corrected chi connectivity index (χ3v) is 3.54. The fourth-order valence-corrected chi connectivity index (χ4v) is 2.87. The summed E-state index contributed by atoms with van der Waals surface area (Å²) in [4.78, 5) is 24.3. The summed E-state index contributed by atoms with van der Waals surface area (Å²) in [6, 6.07) is 7.05. The molecule has 0 fully saturated rings. The van der Waals surface area contributed by atoms with Gasteiger partial charge in [0.1, 0.15) is 0 Å². The number of benzene rings is 1. The molecule has 1 heterocycles. The molecule has 5 nitrogen and oxygen atoms in total. The number of carboxylic acids is 1. The van der Waals surface area contributed by atoms with Crippen LogP contribution >= 0.6 is 0 Å². The van der Waals surface area contributed by atoms with Gasteiger partial charge in [-0.15, -0.1) is 0 Å². The second kappa shape index (κ2) is 4.57. The van der Waals surface area contributed by atoms with Crippen LogP contribution in [-0.4, -0.2) is 27.2 Å². The number of amides is 1. The molecule has 1 aliphatic heterocycles. The molecule has 1 aliphatic rings. The summed E-state index contributed by atoms with van der Waals surface area (Å²) in [5, 5.41) is 19.0. The molecule has 0 bridgehead atoms. The van der Waals surface area contributed by atoms with Crippen molar-refractivity contribution in [2.75, 3.05) is 0 Å². The van der Waals surface area contributed by atoms with Crippen molar-refractivity contribution in [2.45, 2.75) is 32.4 Å². The molecule has 5 heteroatoms. The summed E-state index contributed by atoms with van der Waals surface area (Å²) in [6.07, 6.45) is -0.926. The molecule has 1 aromatic carbocycles. The molecule has 0 aromatic heterocycles. The molecule has 2 rings (SSSR count). The van der Waals surface area contributed by atoms with Crippen LogP contribution in [0.25, 0.3) is 0 Å². The van der Waals surface area contributed by atoms with Gasteiger partial charge in [0, 0.05) is 0 Å². The van der Waals surface area contributed by atoms with Crippen molar-refractivity contribution < 1.29 is 19.8 Å². The SMILES string of the molecule is CC(C)CC1(C(=O)O)c2ccccc2CN1C(=O)O. The summed E-state index contributed by atoms with van der Waals surface area (Å²) in [5.74, 6) is -1.03. The van der Waals surface area contributed by atoms with E-state index in [-0.39, 0.29) is 18.9 Å². The summed E-state index contributed by atoms with van der Waals surface area (Å²) < 4.78 is 0. The first-order chi connectivity index (χ1) is 8.89. The summed E-state index contributed by atoms with van der Waals surface area (Å²) in [5.41, 5.74) is -0.0945. The van der Waals surface area contributed by atoms with Gasteiger partial charge < -0.3 is 10.2 Å². The van der Waals surface area contributed by atoms with E-state index in [2.05, 4.69) is 0 Å². The van der Waals surface area contributed by atoms with E-state index < -0.39 is 17.6 Å². The Labute approximate surface area is 111 Å². The highest BCUT2D eigenvalue weighted by molar-refractivity contribution is 5.87. The number of fused-ring (bicyclic) bond motifs is 1. The molecule has 19 heavy (non-hydrogen) atoms. The van der Waals surface area contributed by atoms with E-state index in [0.29, 0.717) is 5.56 Å². The smallest absolute Gasteiger partial charge is 0.408 e. The maximum atomic E-state index is 11.8. The highest BCUT2D eigenvalue weighted by Gasteiger charge is 2.53. The van der Waals surface area contributed by atoms with Crippen molar-refractivity contribution >= 4 is 12.1 Å². The van der Waals surface area contributed by atoms with Crippen molar-refractivity contribution in [3.05, 3.63) is 35.4 Å². The van der Waals surface area contributed by atoms with Crippen LogP contribution in [0, 0.1) is 5.92 Å². The lowest BCUT2D eigenvalue weighted by Crippen LogP contribution is -2.50. The maximum Gasteiger partial charge on any atom is 0.408 e. The molecule has 102 valence electrons. The monoisotopic (exact) mass is 263 g/mol. The zero-order valence-corrected chi connectivity index (χ0v) is 11.0. The molecule has 0 spiro atoms. The Morgan fingerprint density at radius 2 is 1.95 bits per heavy atom. The van der Waals surface area contributed by atoms with Crippen LogP contribution in [0.3, 0.4) is 0 Å². The van der Waals surface area contributed by atoms with Gasteiger partial charge in [0.25, 0.3) is 0 Å². The van der Waals surface area contributed by atoms with Crippen LogP contribution in [0.1, 0.15) is 31.4 Å². The van der Waals surface area contributed by atoms with E-state index in [1.807, 2.05) is 13.8 Å². The van der Waals surface area contributed by atoms with E-state index in [1.54, 1.807) is 24.3 Å². The van der Waals surface area contributed by atoms with Gasteiger partial charge >= 0.3 is 12.1 Å². The molecule has 2 N–H and O–H groups in total. The van der Waals surface area contributed by atoms with E-state index in [9.17, 15) is 19.8 Å². The molecule has 0 saturated carbocycles. The standard InChI is InChI=1S/C14H17NO4/c1-9(2)7-14(12(16)17)11-6-4-3-5-10(11)8-15(14)13(18)19/h3-6,9H,7-8H2,1-2H3,(H,16,17)(H,18,19). The van der Waals surface area contributed by atoms with E-state index in [4.69, 9.17) is 0 Å². The Morgan fingerprint density at radius 3 is 2.47 bits per heavy atom. The first kappa shape index (κ1) is 13.4. The number of rotatable bonds is 3. The summed E-state index contributed by atoms with van der Waals surface area (Å²) in [7, 11) is 0. The molecule has 0 aliphatic carbocycles. The van der Waals surface area contributed by atoms with E-state index in [1.165, 1.54) is 0 Å². The molecule has 1 unspecified atom stereocenters. The number of hydrogen-bond acceptors (Lipinski definition) is 2. The van der Waals surface area contributed by atoms with Crippen molar-refractivity contribution in [1.29, 1.82) is 0 Å². The van der Waals surface area contributed by atoms with Crippen LogP contribution in [-0.2, 0) is 16.9 Å². The zero-order chi connectivity index (χ0) is 14.2. The third kappa shape index (κ3) is 1.95. The lowest BCUT2D eigenvalue weighted by Gasteiger charge is -2.34. The van der Waals surface area contributed by atoms with Crippen molar-refractivity contribution in [1.82, 2.24) is 4.90 Å². The van der Waals surface area contributed by atoms with Crippen LogP contribution < -0.4 is 0 Å². The van der Waals surface area contributed by atoms with Crippen LogP contribution in [0.15, 0.2) is 24.3 Å². The van der Waals surface area contributed by atoms with Gasteiger partial charge in [0.2, 0.25) is 0 Å². The van der Waals surface area contributed by atoms with Crippen molar-refractivity contribution in [2.24, 2.45) is 5.92 Å². The Morgan fingerprint density at radius 1 is 1.32 bits per heavy atom. The van der Waals surface area contributed by atoms with Crippen LogP contribution in [0.5, 0.6) is 0 Å². The average molecular weight is 263 g/mol. The summed E-state index contributed by atoms with van der Waals surface area (Å²) in [6.45, 7) is 3.92. The molecule has 0 radical (unpaired) electrons. The number of nitrogens with zero attached hydrogens (tertiary/aromatic N) is 1. The molecule has 0 saturated heterocycles. The third-order valence-electron chi connectivity index (χ3n) is 3.54. The minimum Gasteiger partial charge on any atom is -0.479 e. The Hall–Kier alpha value is -2.04. The lowest BCUT2D eigenvalue weighted by molar-refractivity contribution is -0.151. The van der Waals surface area contributed by atoms with Gasteiger partial charge in [-0.25, -0.2) is 9.59 Å². The zero-order valence-electron chi connectivity index (χ0n) is 11.0. The van der Waals surface area contributed by atoms with Gasteiger partial charge in [0.05, 0.1) is 6.54 Å². The number of carboxylic acid groups (broad SMARTS) is 2. The topological polar surface area (TPSA) is 77.8 Å². The molecule has 1 aromatic rings. The normalized spacial score (nSPS) is 21.5. The van der Waals surface area contributed by atoms with Gasteiger partial charge in [0.15, 0.2) is 5.54 Å². The van der Waals surface area contributed by atoms with Gasteiger partial charge in [-0.3, -0.25) is 4.90 Å². The second-order valence-corrected chi connectivity index (χ2v) is 5.29. The fraction of sp³-hybridized carbons (Fsp3) is 0.429. The quantitative estimate of drug-likeness (QED) is 0.878. The largest absolute Gasteiger partial charge is 0.479 e. The van der Waals surface area contributed by atoms with Crippen LogP contribution in [0.2, 0.25) is 0 Å². The first-order valence-electron chi connectivity index (χ1n) is 6.22.